The van der Waals surface area contributed by atoms with Crippen LogP contribution in [0.2, 0.25) is 0 Å². The van der Waals surface area contributed by atoms with Crippen LogP contribution in [-0.2, 0) is 9.59 Å². The maximum atomic E-state index is 11.6. The van der Waals surface area contributed by atoms with E-state index < -0.39 is 0 Å². The molecular formula is C12H21N5O2S2. The lowest BCUT2D eigenvalue weighted by Crippen LogP contribution is -2.36. The summed E-state index contributed by atoms with van der Waals surface area (Å²) in [7, 11) is 3.30. The number of thioether (sulfide) groups is 1. The number of carbonyl (C=O) groups is 2. The molecule has 0 aliphatic rings. The van der Waals surface area contributed by atoms with Gasteiger partial charge in [-0.25, -0.2) is 0 Å². The molecule has 9 heteroatoms. The molecule has 1 aromatic heterocycles. The van der Waals surface area contributed by atoms with Crippen LogP contribution in [0.1, 0.15) is 13.8 Å². The fourth-order valence-corrected chi connectivity index (χ4v) is 2.73. The maximum absolute atomic E-state index is 11.6. The molecule has 118 valence electrons. The van der Waals surface area contributed by atoms with Crippen molar-refractivity contribution in [1.29, 1.82) is 0 Å². The van der Waals surface area contributed by atoms with Crippen molar-refractivity contribution in [3.05, 3.63) is 0 Å². The fourth-order valence-electron chi connectivity index (χ4n) is 1.14. The van der Waals surface area contributed by atoms with Crippen molar-refractivity contribution < 1.29 is 9.59 Å². The minimum absolute atomic E-state index is 0.0176. The third kappa shape index (κ3) is 7.28. The molecule has 0 fully saturated rings. The first-order valence-corrected chi connectivity index (χ1v) is 8.35. The number of hydrogen-bond donors (Lipinski definition) is 2. The average Bonchev–Trinajstić information content (AvgIpc) is 2.88. The number of hydrogen-bond acceptors (Lipinski definition) is 7. The molecule has 0 aliphatic carbocycles. The lowest BCUT2D eigenvalue weighted by Gasteiger charge is -2.10. The van der Waals surface area contributed by atoms with E-state index in [0.29, 0.717) is 5.92 Å². The van der Waals surface area contributed by atoms with Crippen LogP contribution in [0.4, 0.5) is 5.13 Å². The molecule has 2 N–H and O–H groups in total. The molecule has 7 nitrogen and oxygen atoms in total. The first-order chi connectivity index (χ1) is 9.88. The van der Waals surface area contributed by atoms with Crippen LogP contribution in [0.5, 0.6) is 0 Å². The molecule has 0 spiro atoms. The summed E-state index contributed by atoms with van der Waals surface area (Å²) in [6.45, 7) is 5.09. The highest BCUT2D eigenvalue weighted by atomic mass is 32.2. The maximum Gasteiger partial charge on any atom is 0.241 e. The lowest BCUT2D eigenvalue weighted by molar-refractivity contribution is -0.130. The highest BCUT2D eigenvalue weighted by Gasteiger charge is 2.10. The molecule has 1 aromatic rings. The molecule has 0 aliphatic heterocycles. The first kappa shape index (κ1) is 17.7. The molecule has 0 unspecified atom stereocenters. The largest absolute Gasteiger partial charge is 0.360 e. The molecule has 0 atom stereocenters. The van der Waals surface area contributed by atoms with Crippen molar-refractivity contribution >= 4 is 40.0 Å². The van der Waals surface area contributed by atoms with E-state index in [4.69, 9.17) is 0 Å². The molecule has 0 radical (unpaired) electrons. The summed E-state index contributed by atoms with van der Waals surface area (Å²) in [6, 6.07) is 0. The Bertz CT molecular complexity index is 476. The lowest BCUT2D eigenvalue weighted by atomic mass is 10.2. The van der Waals surface area contributed by atoms with E-state index >= 15 is 0 Å². The first-order valence-electron chi connectivity index (χ1n) is 6.55. The molecule has 21 heavy (non-hydrogen) atoms. The number of amides is 2. The van der Waals surface area contributed by atoms with Crippen molar-refractivity contribution in [3.63, 3.8) is 0 Å². The molecule has 1 heterocycles. The second kappa shape index (κ2) is 8.83. The minimum Gasteiger partial charge on any atom is -0.360 e. The van der Waals surface area contributed by atoms with Crippen LogP contribution >= 0.6 is 23.1 Å². The quantitative estimate of drug-likeness (QED) is 0.688. The van der Waals surface area contributed by atoms with E-state index in [1.807, 2.05) is 0 Å². The summed E-state index contributed by atoms with van der Waals surface area (Å²) in [5.41, 5.74) is 0. The van der Waals surface area contributed by atoms with Gasteiger partial charge in [-0.1, -0.05) is 36.9 Å². The van der Waals surface area contributed by atoms with E-state index in [0.717, 1.165) is 16.0 Å². The van der Waals surface area contributed by atoms with Crippen LogP contribution < -0.4 is 10.6 Å². The Morgan fingerprint density at radius 3 is 2.67 bits per heavy atom. The van der Waals surface area contributed by atoms with Crippen LogP contribution in [0.3, 0.4) is 0 Å². The predicted octanol–water partition coefficient (Wildman–Crippen LogP) is 0.902. The van der Waals surface area contributed by atoms with Crippen LogP contribution in [0.15, 0.2) is 4.34 Å². The standard InChI is InChI=1S/C12H21N5O2S2/c1-8(2)5-14-11-15-16-12(21-11)20-7-9(18)13-6-10(19)17(3)4/h8H,5-7H2,1-4H3,(H,13,18)(H,14,15). The van der Waals surface area contributed by atoms with Gasteiger partial charge in [0.15, 0.2) is 4.34 Å². The van der Waals surface area contributed by atoms with Gasteiger partial charge in [0.1, 0.15) is 0 Å². The summed E-state index contributed by atoms with van der Waals surface area (Å²) in [4.78, 5) is 24.4. The highest BCUT2D eigenvalue weighted by Crippen LogP contribution is 2.25. The monoisotopic (exact) mass is 331 g/mol. The van der Waals surface area contributed by atoms with Crippen LogP contribution in [0, 0.1) is 5.92 Å². The molecule has 0 aromatic carbocycles. The normalized spacial score (nSPS) is 10.5. The number of likely N-dealkylation sites (N-methyl/N-ethyl adjacent to an activating group) is 1. The van der Waals surface area contributed by atoms with Gasteiger partial charge in [0, 0.05) is 20.6 Å². The van der Waals surface area contributed by atoms with Crippen molar-refractivity contribution in [2.75, 3.05) is 38.3 Å². The predicted molar refractivity (Wildman–Crippen MR) is 85.7 cm³/mol. The highest BCUT2D eigenvalue weighted by molar-refractivity contribution is 8.01. The molecule has 0 saturated heterocycles. The van der Waals surface area contributed by atoms with Crippen molar-refractivity contribution in [2.45, 2.75) is 18.2 Å². The van der Waals surface area contributed by atoms with Crippen LogP contribution in [0.25, 0.3) is 0 Å². The van der Waals surface area contributed by atoms with E-state index in [1.54, 1.807) is 14.1 Å². The molecule has 0 saturated carbocycles. The number of nitrogens with one attached hydrogen (secondary N) is 2. The van der Waals surface area contributed by atoms with Gasteiger partial charge < -0.3 is 15.5 Å². The Labute approximate surface area is 132 Å². The summed E-state index contributed by atoms with van der Waals surface area (Å²) in [6.07, 6.45) is 0. The molecule has 0 bridgehead atoms. The third-order valence-corrected chi connectivity index (χ3v) is 4.34. The fraction of sp³-hybridized carbons (Fsp3) is 0.667. The summed E-state index contributed by atoms with van der Waals surface area (Å²) in [5.74, 6) is 0.427. The Hall–Kier alpha value is -1.35. The number of rotatable bonds is 8. The van der Waals surface area contributed by atoms with Gasteiger partial charge in [-0.2, -0.15) is 0 Å². The molecular weight excluding hydrogens is 310 g/mol. The zero-order valence-electron chi connectivity index (χ0n) is 12.7. The van der Waals surface area contributed by atoms with Crippen LogP contribution in [-0.4, -0.2) is 59.8 Å². The zero-order valence-corrected chi connectivity index (χ0v) is 14.3. The summed E-state index contributed by atoms with van der Waals surface area (Å²) in [5, 5.41) is 14.5. The van der Waals surface area contributed by atoms with Crippen molar-refractivity contribution in [2.24, 2.45) is 5.92 Å². The second-order valence-electron chi connectivity index (χ2n) is 5.00. The number of nitrogens with zero attached hydrogens (tertiary/aromatic N) is 3. The topological polar surface area (TPSA) is 87.2 Å². The van der Waals surface area contributed by atoms with Gasteiger partial charge in [0.25, 0.3) is 0 Å². The van der Waals surface area contributed by atoms with E-state index in [9.17, 15) is 9.59 Å². The molecule has 2 amide bonds. The zero-order chi connectivity index (χ0) is 15.8. The van der Waals surface area contributed by atoms with Gasteiger partial charge in [0.2, 0.25) is 16.9 Å². The Morgan fingerprint density at radius 1 is 1.33 bits per heavy atom. The van der Waals surface area contributed by atoms with E-state index in [-0.39, 0.29) is 24.1 Å². The van der Waals surface area contributed by atoms with Gasteiger partial charge in [-0.05, 0) is 5.92 Å². The summed E-state index contributed by atoms with van der Waals surface area (Å²) >= 11 is 2.73. The number of carbonyl (C=O) groups excluding carboxylic acids is 2. The van der Waals surface area contributed by atoms with Gasteiger partial charge >= 0.3 is 0 Å². The van der Waals surface area contributed by atoms with Gasteiger partial charge in [-0.15, -0.1) is 10.2 Å². The SMILES string of the molecule is CC(C)CNc1nnc(SCC(=O)NCC(=O)N(C)C)s1. The van der Waals surface area contributed by atoms with Crippen molar-refractivity contribution in [3.8, 4) is 0 Å². The van der Waals surface area contributed by atoms with Gasteiger partial charge in [0.05, 0.1) is 12.3 Å². The van der Waals surface area contributed by atoms with Gasteiger partial charge in [-0.3, -0.25) is 9.59 Å². The second-order valence-corrected chi connectivity index (χ2v) is 7.20. The van der Waals surface area contributed by atoms with E-state index in [1.165, 1.54) is 28.0 Å². The Morgan fingerprint density at radius 2 is 2.05 bits per heavy atom. The average molecular weight is 331 g/mol. The smallest absolute Gasteiger partial charge is 0.241 e. The van der Waals surface area contributed by atoms with Crippen molar-refractivity contribution in [1.82, 2.24) is 20.4 Å². The number of anilines is 1. The van der Waals surface area contributed by atoms with E-state index in [2.05, 4.69) is 34.7 Å². The minimum atomic E-state index is -0.193. The summed E-state index contributed by atoms with van der Waals surface area (Å²) < 4.78 is 0.732. The molecule has 1 rings (SSSR count). The third-order valence-electron chi connectivity index (χ3n) is 2.33. The number of aromatic nitrogens is 2. The Kier molecular flexibility index (Phi) is 7.44. The Balaban J connectivity index is 2.28.